The van der Waals surface area contributed by atoms with Crippen LogP contribution in [0.2, 0.25) is 5.02 Å². The van der Waals surface area contributed by atoms with Gasteiger partial charge in [0.15, 0.2) is 0 Å². The summed E-state index contributed by atoms with van der Waals surface area (Å²) in [6.07, 6.45) is 5.19. The molecule has 0 saturated carbocycles. The van der Waals surface area contributed by atoms with Crippen LogP contribution >= 0.6 is 11.6 Å². The van der Waals surface area contributed by atoms with E-state index in [-0.39, 0.29) is 10.6 Å². The normalized spacial score (nSPS) is 11.0. The predicted molar refractivity (Wildman–Crippen MR) is 79.1 cm³/mol. The van der Waals surface area contributed by atoms with Crippen molar-refractivity contribution in [2.45, 2.75) is 26.9 Å². The van der Waals surface area contributed by atoms with E-state index in [9.17, 15) is 4.79 Å². The van der Waals surface area contributed by atoms with E-state index < -0.39 is 0 Å². The molecule has 0 amide bonds. The maximum atomic E-state index is 12.0. The Balaban J connectivity index is 2.02. The Labute approximate surface area is 122 Å². The maximum Gasteiger partial charge on any atom is 0.287 e. The van der Waals surface area contributed by atoms with Crippen LogP contribution in [0.4, 0.5) is 5.69 Å². The van der Waals surface area contributed by atoms with Crippen molar-refractivity contribution in [2.75, 3.05) is 11.9 Å². The van der Waals surface area contributed by atoms with Gasteiger partial charge >= 0.3 is 0 Å². The fourth-order valence-corrected chi connectivity index (χ4v) is 2.02. The number of rotatable bonds is 6. The van der Waals surface area contributed by atoms with E-state index >= 15 is 0 Å². The molecule has 2 rings (SSSR count). The van der Waals surface area contributed by atoms with Crippen molar-refractivity contribution in [2.24, 2.45) is 5.92 Å². The summed E-state index contributed by atoms with van der Waals surface area (Å²) in [5.41, 5.74) is 0.299. The van der Waals surface area contributed by atoms with Gasteiger partial charge in [0, 0.05) is 25.5 Å². The zero-order valence-electron chi connectivity index (χ0n) is 11.6. The van der Waals surface area contributed by atoms with Gasteiger partial charge in [0.2, 0.25) is 0 Å². The monoisotopic (exact) mass is 295 g/mol. The van der Waals surface area contributed by atoms with Crippen molar-refractivity contribution in [3.05, 3.63) is 40.0 Å². The van der Waals surface area contributed by atoms with Crippen LogP contribution in [-0.4, -0.2) is 26.1 Å². The summed E-state index contributed by atoms with van der Waals surface area (Å²) in [5.74, 6) is 0.342. The van der Waals surface area contributed by atoms with Gasteiger partial charge in [-0.2, -0.15) is 10.2 Å². The highest BCUT2D eigenvalue weighted by Crippen LogP contribution is 2.15. The molecule has 0 aliphatic heterocycles. The quantitative estimate of drug-likeness (QED) is 0.883. The standard InChI is InChI=1S/C13H18ClN5O/c1-10(2)9-19-13(20)12(14)11(8-17-19)15-5-7-18-6-3-4-16-18/h3-4,6,8,10,15H,5,7,9H2,1-2H3. The molecule has 0 aliphatic rings. The van der Waals surface area contributed by atoms with Crippen molar-refractivity contribution >= 4 is 17.3 Å². The van der Waals surface area contributed by atoms with Crippen molar-refractivity contribution < 1.29 is 0 Å². The van der Waals surface area contributed by atoms with Gasteiger partial charge in [-0.25, -0.2) is 4.68 Å². The average Bonchev–Trinajstić information content (AvgIpc) is 2.90. The van der Waals surface area contributed by atoms with Crippen LogP contribution in [0, 0.1) is 5.92 Å². The van der Waals surface area contributed by atoms with Crippen LogP contribution in [0.3, 0.4) is 0 Å². The highest BCUT2D eigenvalue weighted by atomic mass is 35.5. The van der Waals surface area contributed by atoms with Gasteiger partial charge in [-0.05, 0) is 12.0 Å². The summed E-state index contributed by atoms with van der Waals surface area (Å²) in [6.45, 7) is 5.93. The molecule has 2 aromatic heterocycles. The summed E-state index contributed by atoms with van der Waals surface area (Å²) in [6, 6.07) is 1.86. The smallest absolute Gasteiger partial charge is 0.287 e. The lowest BCUT2D eigenvalue weighted by atomic mass is 10.2. The lowest BCUT2D eigenvalue weighted by Gasteiger charge is -2.11. The zero-order chi connectivity index (χ0) is 14.5. The van der Waals surface area contributed by atoms with Crippen molar-refractivity contribution in [3.63, 3.8) is 0 Å². The molecule has 0 fully saturated rings. The predicted octanol–water partition coefficient (Wildman–Crippen LogP) is 1.86. The molecule has 2 aromatic rings. The van der Waals surface area contributed by atoms with Crippen LogP contribution < -0.4 is 10.9 Å². The lowest BCUT2D eigenvalue weighted by molar-refractivity contribution is 0.464. The Hall–Kier alpha value is -1.82. The molecule has 6 nitrogen and oxygen atoms in total. The number of aromatic nitrogens is 4. The van der Waals surface area contributed by atoms with E-state index in [4.69, 9.17) is 11.6 Å². The highest BCUT2D eigenvalue weighted by Gasteiger charge is 2.09. The van der Waals surface area contributed by atoms with Gasteiger partial charge in [-0.3, -0.25) is 9.48 Å². The minimum Gasteiger partial charge on any atom is -0.381 e. The molecule has 2 heterocycles. The van der Waals surface area contributed by atoms with Gasteiger partial charge < -0.3 is 5.32 Å². The van der Waals surface area contributed by atoms with Gasteiger partial charge in [0.25, 0.3) is 5.56 Å². The van der Waals surface area contributed by atoms with Gasteiger partial charge in [-0.1, -0.05) is 25.4 Å². The average molecular weight is 296 g/mol. The minimum atomic E-state index is -0.260. The third kappa shape index (κ3) is 3.60. The number of nitrogens with zero attached hydrogens (tertiary/aromatic N) is 4. The van der Waals surface area contributed by atoms with Crippen LogP contribution in [-0.2, 0) is 13.1 Å². The molecule has 1 N–H and O–H groups in total. The molecule has 0 spiro atoms. The second kappa shape index (κ2) is 6.56. The molecular formula is C13H18ClN5O. The number of hydrogen-bond donors (Lipinski definition) is 1. The summed E-state index contributed by atoms with van der Waals surface area (Å²) >= 11 is 6.08. The van der Waals surface area contributed by atoms with E-state index in [1.54, 1.807) is 17.1 Å². The van der Waals surface area contributed by atoms with Gasteiger partial charge in [-0.15, -0.1) is 0 Å². The van der Waals surface area contributed by atoms with E-state index in [1.807, 2.05) is 26.1 Å². The van der Waals surface area contributed by atoms with E-state index in [2.05, 4.69) is 15.5 Å². The molecule has 0 radical (unpaired) electrons. The van der Waals surface area contributed by atoms with Crippen LogP contribution in [0.15, 0.2) is 29.5 Å². The Kier molecular flexibility index (Phi) is 4.79. The Morgan fingerprint density at radius 1 is 1.40 bits per heavy atom. The number of halogens is 1. The first-order valence-corrected chi connectivity index (χ1v) is 6.92. The molecule has 0 aliphatic carbocycles. The SMILES string of the molecule is CC(C)Cn1ncc(NCCn2cccn2)c(Cl)c1=O. The summed E-state index contributed by atoms with van der Waals surface area (Å²) in [7, 11) is 0. The molecule has 0 atom stereocenters. The Morgan fingerprint density at radius 3 is 2.85 bits per heavy atom. The molecule has 0 bridgehead atoms. The highest BCUT2D eigenvalue weighted by molar-refractivity contribution is 6.32. The molecule has 7 heteroatoms. The van der Waals surface area contributed by atoms with E-state index in [0.29, 0.717) is 31.2 Å². The van der Waals surface area contributed by atoms with Crippen molar-refractivity contribution in [3.8, 4) is 0 Å². The number of anilines is 1. The first-order valence-electron chi connectivity index (χ1n) is 6.55. The fraction of sp³-hybridized carbons (Fsp3) is 0.462. The Morgan fingerprint density at radius 2 is 2.20 bits per heavy atom. The molecule has 0 saturated heterocycles. The third-order valence-electron chi connectivity index (χ3n) is 2.74. The summed E-state index contributed by atoms with van der Waals surface area (Å²) in [5, 5.41) is 11.5. The second-order valence-electron chi connectivity index (χ2n) is 4.95. The maximum absolute atomic E-state index is 12.0. The number of nitrogens with one attached hydrogen (secondary N) is 1. The zero-order valence-corrected chi connectivity index (χ0v) is 12.3. The summed E-state index contributed by atoms with van der Waals surface area (Å²) in [4.78, 5) is 12.0. The first-order chi connectivity index (χ1) is 9.58. The molecule has 0 aromatic carbocycles. The third-order valence-corrected chi connectivity index (χ3v) is 3.10. The van der Waals surface area contributed by atoms with Crippen molar-refractivity contribution in [1.82, 2.24) is 19.6 Å². The van der Waals surface area contributed by atoms with E-state index in [1.165, 1.54) is 4.68 Å². The van der Waals surface area contributed by atoms with E-state index in [0.717, 1.165) is 0 Å². The minimum absolute atomic E-state index is 0.182. The summed E-state index contributed by atoms with van der Waals surface area (Å²) < 4.78 is 3.19. The topological polar surface area (TPSA) is 64.7 Å². The molecule has 108 valence electrons. The molecular weight excluding hydrogens is 278 g/mol. The second-order valence-corrected chi connectivity index (χ2v) is 5.33. The lowest BCUT2D eigenvalue weighted by Crippen LogP contribution is -2.26. The van der Waals surface area contributed by atoms with Gasteiger partial charge in [0.05, 0.1) is 18.4 Å². The largest absolute Gasteiger partial charge is 0.381 e. The number of hydrogen-bond acceptors (Lipinski definition) is 4. The first kappa shape index (κ1) is 14.6. The Bertz CT molecular complexity index is 606. The van der Waals surface area contributed by atoms with Crippen molar-refractivity contribution in [1.29, 1.82) is 0 Å². The van der Waals surface area contributed by atoms with Gasteiger partial charge in [0.1, 0.15) is 5.02 Å². The molecule has 20 heavy (non-hydrogen) atoms. The fourth-order valence-electron chi connectivity index (χ4n) is 1.80. The van der Waals surface area contributed by atoms with Crippen LogP contribution in [0.1, 0.15) is 13.8 Å². The van der Waals surface area contributed by atoms with Crippen LogP contribution in [0.5, 0.6) is 0 Å². The molecule has 0 unspecified atom stereocenters. The van der Waals surface area contributed by atoms with Crippen LogP contribution in [0.25, 0.3) is 0 Å².